The molecular weight excluding hydrogens is 376 g/mol. The lowest BCUT2D eigenvalue weighted by molar-refractivity contribution is -0.385. The van der Waals surface area contributed by atoms with Gasteiger partial charge in [-0.05, 0) is 31.2 Å². The van der Waals surface area contributed by atoms with Gasteiger partial charge in [0, 0.05) is 12.1 Å². The number of nitrogens with one attached hydrogen (secondary N) is 1. The predicted molar refractivity (Wildman–Crippen MR) is 106 cm³/mol. The highest BCUT2D eigenvalue weighted by atomic mass is 16.6. The molecule has 0 unspecified atom stereocenters. The number of rotatable bonds is 7. The van der Waals surface area contributed by atoms with Gasteiger partial charge in [0.1, 0.15) is 18.1 Å². The van der Waals surface area contributed by atoms with Crippen LogP contribution in [0, 0.1) is 17.0 Å². The van der Waals surface area contributed by atoms with Crippen molar-refractivity contribution in [3.05, 3.63) is 92.4 Å². The van der Waals surface area contributed by atoms with E-state index in [1.807, 2.05) is 18.2 Å². The van der Waals surface area contributed by atoms with Crippen LogP contribution < -0.4 is 15.6 Å². The SMILES string of the molecule is Cc1c(NC(=O)c2ccc(=O)n(CCOc3ccccc3)n2)cccc1[N+](=O)[O-]. The molecular formula is C20H18N4O5. The number of anilines is 1. The Hall–Kier alpha value is -4.01. The third kappa shape index (κ3) is 4.83. The molecule has 9 nitrogen and oxygen atoms in total. The molecule has 148 valence electrons. The molecule has 3 aromatic rings. The van der Waals surface area contributed by atoms with Crippen LogP contribution in [0.1, 0.15) is 16.1 Å². The highest BCUT2D eigenvalue weighted by Crippen LogP contribution is 2.25. The maximum absolute atomic E-state index is 12.5. The van der Waals surface area contributed by atoms with Crippen molar-refractivity contribution in [3.63, 3.8) is 0 Å². The predicted octanol–water partition coefficient (Wildman–Crippen LogP) is 2.79. The van der Waals surface area contributed by atoms with Gasteiger partial charge in [0.05, 0.1) is 22.7 Å². The number of carbonyl (C=O) groups is 1. The largest absolute Gasteiger partial charge is 0.492 e. The van der Waals surface area contributed by atoms with Crippen molar-refractivity contribution in [1.29, 1.82) is 0 Å². The van der Waals surface area contributed by atoms with Gasteiger partial charge in [0.25, 0.3) is 17.2 Å². The first-order chi connectivity index (χ1) is 14.0. The summed E-state index contributed by atoms with van der Waals surface area (Å²) in [5, 5.41) is 17.7. The first-order valence-electron chi connectivity index (χ1n) is 8.77. The minimum absolute atomic E-state index is 0.00946. The Morgan fingerprint density at radius 1 is 1.14 bits per heavy atom. The number of nitro groups is 1. The third-order valence-electron chi connectivity index (χ3n) is 4.16. The van der Waals surface area contributed by atoms with Crippen LogP contribution in [0.3, 0.4) is 0 Å². The van der Waals surface area contributed by atoms with E-state index in [9.17, 15) is 19.7 Å². The zero-order valence-corrected chi connectivity index (χ0v) is 15.6. The molecule has 0 aliphatic heterocycles. The van der Waals surface area contributed by atoms with E-state index in [-0.39, 0.29) is 30.1 Å². The molecule has 9 heteroatoms. The molecule has 1 amide bonds. The van der Waals surface area contributed by atoms with E-state index < -0.39 is 10.8 Å². The van der Waals surface area contributed by atoms with E-state index in [4.69, 9.17) is 4.74 Å². The summed E-state index contributed by atoms with van der Waals surface area (Å²) in [6.45, 7) is 1.90. The van der Waals surface area contributed by atoms with E-state index in [2.05, 4.69) is 10.4 Å². The molecule has 0 radical (unpaired) electrons. The highest BCUT2D eigenvalue weighted by molar-refractivity contribution is 6.03. The number of para-hydroxylation sites is 1. The Morgan fingerprint density at radius 2 is 1.90 bits per heavy atom. The van der Waals surface area contributed by atoms with E-state index >= 15 is 0 Å². The Balaban J connectivity index is 1.72. The quantitative estimate of drug-likeness (QED) is 0.486. The number of nitrogens with zero attached hydrogens (tertiary/aromatic N) is 3. The number of nitro benzene ring substituents is 1. The smallest absolute Gasteiger partial charge is 0.276 e. The minimum atomic E-state index is -0.577. The summed E-state index contributed by atoms with van der Waals surface area (Å²) in [6.07, 6.45) is 0. The van der Waals surface area contributed by atoms with Crippen molar-refractivity contribution in [2.75, 3.05) is 11.9 Å². The van der Waals surface area contributed by atoms with Crippen LogP contribution in [0.4, 0.5) is 11.4 Å². The van der Waals surface area contributed by atoms with Crippen molar-refractivity contribution in [3.8, 4) is 5.75 Å². The zero-order valence-electron chi connectivity index (χ0n) is 15.6. The van der Waals surface area contributed by atoms with Crippen LogP contribution in [0.25, 0.3) is 0 Å². The molecule has 0 spiro atoms. The van der Waals surface area contributed by atoms with Crippen LogP contribution in [0.2, 0.25) is 0 Å². The van der Waals surface area contributed by atoms with Gasteiger partial charge in [-0.3, -0.25) is 19.7 Å². The fourth-order valence-corrected chi connectivity index (χ4v) is 2.64. The summed E-state index contributed by atoms with van der Waals surface area (Å²) < 4.78 is 6.69. The second kappa shape index (κ2) is 8.79. The van der Waals surface area contributed by atoms with Crippen LogP contribution in [-0.4, -0.2) is 27.2 Å². The van der Waals surface area contributed by atoms with Gasteiger partial charge < -0.3 is 10.1 Å². The summed E-state index contributed by atoms with van der Waals surface area (Å²) in [7, 11) is 0. The molecule has 0 aliphatic rings. The average Bonchev–Trinajstić information content (AvgIpc) is 2.71. The minimum Gasteiger partial charge on any atom is -0.492 e. The maximum Gasteiger partial charge on any atom is 0.276 e. The fourth-order valence-electron chi connectivity index (χ4n) is 2.64. The molecule has 0 bridgehead atoms. The Kier molecular flexibility index (Phi) is 5.98. The first kappa shape index (κ1) is 19.7. The van der Waals surface area contributed by atoms with E-state index in [0.717, 1.165) is 4.68 Å². The van der Waals surface area contributed by atoms with Crippen molar-refractivity contribution in [1.82, 2.24) is 9.78 Å². The monoisotopic (exact) mass is 394 g/mol. The Bertz CT molecular complexity index is 1100. The fraction of sp³-hybridized carbons (Fsp3) is 0.150. The van der Waals surface area contributed by atoms with Crippen molar-refractivity contribution in [2.45, 2.75) is 13.5 Å². The van der Waals surface area contributed by atoms with E-state index in [0.29, 0.717) is 17.0 Å². The van der Waals surface area contributed by atoms with Gasteiger partial charge in [0.2, 0.25) is 0 Å². The zero-order chi connectivity index (χ0) is 20.8. The molecule has 29 heavy (non-hydrogen) atoms. The lowest BCUT2D eigenvalue weighted by atomic mass is 10.1. The number of carbonyl (C=O) groups excluding carboxylic acids is 1. The number of aromatic nitrogens is 2. The van der Waals surface area contributed by atoms with Gasteiger partial charge in [-0.2, -0.15) is 5.10 Å². The molecule has 0 atom stereocenters. The average molecular weight is 394 g/mol. The normalized spacial score (nSPS) is 10.4. The van der Waals surface area contributed by atoms with Crippen LogP contribution in [0.15, 0.2) is 65.5 Å². The van der Waals surface area contributed by atoms with E-state index in [1.54, 1.807) is 25.1 Å². The second-order valence-electron chi connectivity index (χ2n) is 6.10. The topological polar surface area (TPSA) is 116 Å². The lowest BCUT2D eigenvalue weighted by Crippen LogP contribution is -2.28. The molecule has 3 rings (SSSR count). The van der Waals surface area contributed by atoms with Gasteiger partial charge in [-0.1, -0.05) is 24.3 Å². The first-order valence-corrected chi connectivity index (χ1v) is 8.77. The van der Waals surface area contributed by atoms with Crippen molar-refractivity contribution in [2.24, 2.45) is 0 Å². The molecule has 1 heterocycles. The number of hydrogen-bond donors (Lipinski definition) is 1. The summed E-state index contributed by atoms with van der Waals surface area (Å²) in [6, 6.07) is 16.1. The third-order valence-corrected chi connectivity index (χ3v) is 4.16. The Labute approximate surface area is 165 Å². The van der Waals surface area contributed by atoms with Crippen molar-refractivity contribution < 1.29 is 14.5 Å². The van der Waals surface area contributed by atoms with Crippen LogP contribution >= 0.6 is 0 Å². The summed E-state index contributed by atoms with van der Waals surface area (Å²) in [5.41, 5.74) is 0.172. The summed E-state index contributed by atoms with van der Waals surface area (Å²) in [5.74, 6) is 0.0851. The number of hydrogen-bond acceptors (Lipinski definition) is 6. The van der Waals surface area contributed by atoms with Crippen molar-refractivity contribution >= 4 is 17.3 Å². The molecule has 0 saturated carbocycles. The molecule has 0 saturated heterocycles. The summed E-state index contributed by atoms with van der Waals surface area (Å²) in [4.78, 5) is 35.1. The molecule has 1 aromatic heterocycles. The molecule has 2 aromatic carbocycles. The second-order valence-corrected chi connectivity index (χ2v) is 6.10. The molecule has 0 aliphatic carbocycles. The van der Waals surface area contributed by atoms with E-state index in [1.165, 1.54) is 24.3 Å². The highest BCUT2D eigenvalue weighted by Gasteiger charge is 2.16. The number of amides is 1. The van der Waals surface area contributed by atoms with Gasteiger partial charge >= 0.3 is 0 Å². The number of benzene rings is 2. The number of ether oxygens (including phenoxy) is 1. The van der Waals surface area contributed by atoms with Crippen LogP contribution in [0.5, 0.6) is 5.75 Å². The molecule has 0 fully saturated rings. The van der Waals surface area contributed by atoms with Crippen LogP contribution in [-0.2, 0) is 6.54 Å². The molecule has 1 N–H and O–H groups in total. The lowest BCUT2D eigenvalue weighted by Gasteiger charge is -2.10. The summed E-state index contributed by atoms with van der Waals surface area (Å²) >= 11 is 0. The van der Waals surface area contributed by atoms with Gasteiger partial charge in [-0.25, -0.2) is 4.68 Å². The van der Waals surface area contributed by atoms with Gasteiger partial charge in [-0.15, -0.1) is 0 Å². The standard InChI is InChI=1S/C20H18N4O5/c1-14-16(8-5-9-18(14)24(27)28)21-20(26)17-10-11-19(25)23(22-17)12-13-29-15-6-3-2-4-7-15/h2-11H,12-13H2,1H3,(H,21,26). The maximum atomic E-state index is 12.5. The Morgan fingerprint density at radius 3 is 2.62 bits per heavy atom. The van der Waals surface area contributed by atoms with Gasteiger partial charge in [0.15, 0.2) is 0 Å².